The first kappa shape index (κ1) is 18.6. The highest BCUT2D eigenvalue weighted by Crippen LogP contribution is 2.27. The van der Waals surface area contributed by atoms with E-state index in [0.29, 0.717) is 6.54 Å². The van der Waals surface area contributed by atoms with Crippen molar-refractivity contribution in [3.05, 3.63) is 29.3 Å². The van der Waals surface area contributed by atoms with Crippen molar-refractivity contribution in [2.24, 2.45) is 0 Å². The number of carbonyl (C=O) groups is 1. The van der Waals surface area contributed by atoms with Crippen LogP contribution in [0, 0.1) is 0 Å². The van der Waals surface area contributed by atoms with E-state index >= 15 is 0 Å². The van der Waals surface area contributed by atoms with Crippen LogP contribution in [0.4, 0.5) is 10.5 Å². The number of likely N-dealkylation sites (N-methyl/N-ethyl adjacent to an activating group) is 1. The van der Waals surface area contributed by atoms with E-state index in [-0.39, 0.29) is 6.03 Å². The molecule has 0 saturated carbocycles. The highest BCUT2D eigenvalue weighted by atomic mass is 16.2. The second-order valence-corrected chi connectivity index (χ2v) is 6.64. The summed E-state index contributed by atoms with van der Waals surface area (Å²) >= 11 is 0. The minimum absolute atomic E-state index is 0.0657. The SMILES string of the molecule is CCc1cccc(CC)c1N1CCN(C(=O)NCCN(C)C)CC1. The van der Waals surface area contributed by atoms with E-state index in [9.17, 15) is 4.79 Å². The van der Waals surface area contributed by atoms with Crippen molar-refractivity contribution in [1.29, 1.82) is 0 Å². The molecule has 1 fully saturated rings. The van der Waals surface area contributed by atoms with Crippen molar-refractivity contribution in [3.63, 3.8) is 0 Å². The number of nitrogens with one attached hydrogen (secondary N) is 1. The summed E-state index contributed by atoms with van der Waals surface area (Å²) in [6.45, 7) is 9.39. The van der Waals surface area contributed by atoms with Gasteiger partial charge in [-0.1, -0.05) is 32.0 Å². The fraction of sp³-hybridized carbons (Fsp3) is 0.632. The average molecular weight is 332 g/mol. The number of hydrogen-bond donors (Lipinski definition) is 1. The molecule has 1 aliphatic rings. The lowest BCUT2D eigenvalue weighted by atomic mass is 10.0. The van der Waals surface area contributed by atoms with E-state index in [4.69, 9.17) is 0 Å². The molecule has 1 aliphatic heterocycles. The zero-order valence-corrected chi connectivity index (χ0v) is 15.6. The topological polar surface area (TPSA) is 38.8 Å². The number of hydrogen-bond acceptors (Lipinski definition) is 3. The number of aryl methyl sites for hydroxylation is 2. The quantitative estimate of drug-likeness (QED) is 0.868. The number of urea groups is 1. The summed E-state index contributed by atoms with van der Waals surface area (Å²) in [4.78, 5) is 18.7. The van der Waals surface area contributed by atoms with Gasteiger partial charge >= 0.3 is 6.03 Å². The Morgan fingerprint density at radius 1 is 1.08 bits per heavy atom. The van der Waals surface area contributed by atoms with Crippen LogP contribution in [-0.4, -0.2) is 69.2 Å². The van der Waals surface area contributed by atoms with Crippen LogP contribution in [0.25, 0.3) is 0 Å². The third-order valence-electron chi connectivity index (χ3n) is 4.68. The highest BCUT2D eigenvalue weighted by Gasteiger charge is 2.23. The lowest BCUT2D eigenvalue weighted by Crippen LogP contribution is -2.52. The molecule has 0 radical (unpaired) electrons. The zero-order valence-electron chi connectivity index (χ0n) is 15.6. The number of piperazine rings is 1. The first-order valence-electron chi connectivity index (χ1n) is 9.10. The van der Waals surface area contributed by atoms with Gasteiger partial charge in [0.15, 0.2) is 0 Å². The van der Waals surface area contributed by atoms with Gasteiger partial charge < -0.3 is 20.0 Å². The van der Waals surface area contributed by atoms with Crippen LogP contribution in [0.2, 0.25) is 0 Å². The van der Waals surface area contributed by atoms with E-state index in [1.165, 1.54) is 16.8 Å². The fourth-order valence-corrected chi connectivity index (χ4v) is 3.25. The Morgan fingerprint density at radius 2 is 1.67 bits per heavy atom. The Bertz CT molecular complexity index is 514. The summed E-state index contributed by atoms with van der Waals surface area (Å²) in [5, 5.41) is 3.01. The minimum Gasteiger partial charge on any atom is -0.368 e. The number of rotatable bonds is 6. The van der Waals surface area contributed by atoms with Gasteiger partial charge in [0.25, 0.3) is 0 Å². The maximum atomic E-state index is 12.2. The van der Waals surface area contributed by atoms with Gasteiger partial charge in [0, 0.05) is 45.0 Å². The van der Waals surface area contributed by atoms with Crippen LogP contribution in [0.3, 0.4) is 0 Å². The van der Waals surface area contributed by atoms with Gasteiger partial charge in [-0.2, -0.15) is 0 Å². The molecule has 1 saturated heterocycles. The Balaban J connectivity index is 1.94. The molecule has 0 aliphatic carbocycles. The highest BCUT2D eigenvalue weighted by molar-refractivity contribution is 5.74. The van der Waals surface area contributed by atoms with Crippen LogP contribution >= 0.6 is 0 Å². The van der Waals surface area contributed by atoms with Gasteiger partial charge in [0.05, 0.1) is 0 Å². The van der Waals surface area contributed by atoms with Gasteiger partial charge in [-0.25, -0.2) is 4.79 Å². The minimum atomic E-state index is 0.0657. The number of amides is 2. The zero-order chi connectivity index (χ0) is 17.5. The second kappa shape index (κ2) is 8.92. The summed E-state index contributed by atoms with van der Waals surface area (Å²) in [6.07, 6.45) is 2.10. The van der Waals surface area contributed by atoms with Crippen LogP contribution in [0.5, 0.6) is 0 Å². The van der Waals surface area contributed by atoms with Gasteiger partial charge in [0.1, 0.15) is 0 Å². The molecule has 1 heterocycles. The molecule has 0 atom stereocenters. The molecule has 0 spiro atoms. The van der Waals surface area contributed by atoms with Crippen LogP contribution in [0.1, 0.15) is 25.0 Å². The molecule has 5 heteroatoms. The van der Waals surface area contributed by atoms with Gasteiger partial charge in [-0.15, -0.1) is 0 Å². The predicted octanol–water partition coefficient (Wildman–Crippen LogP) is 2.20. The van der Waals surface area contributed by atoms with Crippen molar-refractivity contribution in [3.8, 4) is 0 Å². The molecule has 1 N–H and O–H groups in total. The monoisotopic (exact) mass is 332 g/mol. The van der Waals surface area contributed by atoms with Gasteiger partial charge in [-0.05, 0) is 38.1 Å². The third kappa shape index (κ3) is 4.63. The van der Waals surface area contributed by atoms with E-state index in [1.807, 2.05) is 19.0 Å². The number of benzene rings is 1. The average Bonchev–Trinajstić information content (AvgIpc) is 2.60. The molecule has 134 valence electrons. The molecule has 2 amide bonds. The number of carbonyl (C=O) groups excluding carboxylic acids is 1. The maximum Gasteiger partial charge on any atom is 0.317 e. The molecular weight excluding hydrogens is 300 g/mol. The van der Waals surface area contributed by atoms with Crippen LogP contribution < -0.4 is 10.2 Å². The number of nitrogens with zero attached hydrogens (tertiary/aromatic N) is 3. The first-order valence-corrected chi connectivity index (χ1v) is 9.10. The molecule has 1 aromatic carbocycles. The predicted molar refractivity (Wildman–Crippen MR) is 101 cm³/mol. The molecule has 2 rings (SSSR count). The van der Waals surface area contributed by atoms with Gasteiger partial charge in [-0.3, -0.25) is 0 Å². The first-order chi connectivity index (χ1) is 11.6. The van der Waals surface area contributed by atoms with Crippen molar-refractivity contribution in [2.45, 2.75) is 26.7 Å². The second-order valence-electron chi connectivity index (χ2n) is 6.64. The Kier molecular flexibility index (Phi) is 6.91. The largest absolute Gasteiger partial charge is 0.368 e. The fourth-order valence-electron chi connectivity index (χ4n) is 3.25. The lowest BCUT2D eigenvalue weighted by molar-refractivity contribution is 0.193. The molecule has 5 nitrogen and oxygen atoms in total. The number of anilines is 1. The maximum absolute atomic E-state index is 12.2. The summed E-state index contributed by atoms with van der Waals surface area (Å²) in [7, 11) is 4.03. The third-order valence-corrected chi connectivity index (χ3v) is 4.68. The Hall–Kier alpha value is -1.75. The van der Waals surface area contributed by atoms with Crippen molar-refractivity contribution in [2.75, 3.05) is 58.3 Å². The van der Waals surface area contributed by atoms with Crippen LogP contribution in [0.15, 0.2) is 18.2 Å². The number of para-hydroxylation sites is 1. The summed E-state index contributed by atoms with van der Waals surface area (Å²) in [5.74, 6) is 0. The molecule has 24 heavy (non-hydrogen) atoms. The van der Waals surface area contributed by atoms with Crippen LogP contribution in [-0.2, 0) is 12.8 Å². The Labute approximate surface area is 146 Å². The summed E-state index contributed by atoms with van der Waals surface area (Å²) < 4.78 is 0. The van der Waals surface area contributed by atoms with E-state index in [2.05, 4.69) is 47.2 Å². The standard InChI is InChI=1S/C19H32N4O/c1-5-16-8-7-9-17(6-2)18(16)22-12-14-23(15-13-22)19(24)20-10-11-21(3)4/h7-9H,5-6,10-15H2,1-4H3,(H,20,24). The van der Waals surface area contributed by atoms with E-state index in [0.717, 1.165) is 45.6 Å². The Morgan fingerprint density at radius 3 is 2.17 bits per heavy atom. The molecule has 0 aromatic heterocycles. The summed E-state index contributed by atoms with van der Waals surface area (Å²) in [5.41, 5.74) is 4.23. The molecule has 1 aromatic rings. The smallest absolute Gasteiger partial charge is 0.317 e. The molecule has 0 unspecified atom stereocenters. The van der Waals surface area contributed by atoms with Crippen molar-refractivity contribution < 1.29 is 4.79 Å². The van der Waals surface area contributed by atoms with E-state index in [1.54, 1.807) is 0 Å². The normalized spacial score (nSPS) is 15.0. The summed E-state index contributed by atoms with van der Waals surface area (Å²) in [6, 6.07) is 6.69. The lowest BCUT2D eigenvalue weighted by Gasteiger charge is -2.38. The van der Waals surface area contributed by atoms with E-state index < -0.39 is 0 Å². The van der Waals surface area contributed by atoms with Crippen molar-refractivity contribution in [1.82, 2.24) is 15.1 Å². The van der Waals surface area contributed by atoms with Gasteiger partial charge in [0.2, 0.25) is 0 Å². The molecular formula is C19H32N4O. The molecule has 0 bridgehead atoms. The van der Waals surface area contributed by atoms with Crippen molar-refractivity contribution >= 4 is 11.7 Å².